The molecule has 0 saturated carbocycles. The average Bonchev–Trinajstić information content (AvgIpc) is 2.14. The molecule has 0 atom stereocenters. The van der Waals surface area contributed by atoms with Crippen LogP contribution in [0.1, 0.15) is 13.3 Å². The summed E-state index contributed by atoms with van der Waals surface area (Å²) in [6, 6.07) is 0. The molecule has 0 rings (SSSR count). The van der Waals surface area contributed by atoms with Crippen molar-refractivity contribution >= 4 is 17.7 Å². The van der Waals surface area contributed by atoms with Gasteiger partial charge in [0.15, 0.2) is 0 Å². The number of thioether (sulfide) groups is 1. The Kier molecular flexibility index (Phi) is 8.24. The van der Waals surface area contributed by atoms with Crippen LogP contribution in [0.25, 0.3) is 0 Å². The lowest BCUT2D eigenvalue weighted by atomic mass is 10.4. The molecule has 4 heteroatoms. The first-order chi connectivity index (χ1) is 6.20. The zero-order valence-corrected chi connectivity index (χ0v) is 9.52. The number of carbonyl (C=O) groups is 1. The maximum Gasteiger partial charge on any atom is 0.306 e. The fraction of sp³-hybridized carbons (Fsp3) is 0.889. The highest BCUT2D eigenvalue weighted by Crippen LogP contribution is 1.99. The number of hydrogen-bond acceptors (Lipinski definition) is 4. The summed E-state index contributed by atoms with van der Waals surface area (Å²) >= 11 is 1.92. The normalized spacial score (nSPS) is 10.5. The van der Waals surface area contributed by atoms with Crippen LogP contribution < -0.4 is 0 Å². The van der Waals surface area contributed by atoms with Gasteiger partial charge in [0.1, 0.15) is 0 Å². The van der Waals surface area contributed by atoms with Crippen LogP contribution in [0.2, 0.25) is 0 Å². The van der Waals surface area contributed by atoms with Gasteiger partial charge >= 0.3 is 5.97 Å². The summed E-state index contributed by atoms with van der Waals surface area (Å²) in [5, 5.41) is 0. The minimum Gasteiger partial charge on any atom is -0.469 e. The Morgan fingerprint density at radius 2 is 2.15 bits per heavy atom. The Bertz CT molecular complexity index is 142. The molecule has 0 N–H and O–H groups in total. The topological polar surface area (TPSA) is 29.5 Å². The summed E-state index contributed by atoms with van der Waals surface area (Å²) < 4.78 is 4.56. The zero-order chi connectivity index (χ0) is 10.1. The fourth-order valence-electron chi connectivity index (χ4n) is 0.861. The van der Waals surface area contributed by atoms with Crippen molar-refractivity contribution in [3.05, 3.63) is 0 Å². The summed E-state index contributed by atoms with van der Waals surface area (Å²) in [5.41, 5.74) is 0. The summed E-state index contributed by atoms with van der Waals surface area (Å²) in [6.45, 7) is 3.98. The summed E-state index contributed by atoms with van der Waals surface area (Å²) in [7, 11) is 3.45. The summed E-state index contributed by atoms with van der Waals surface area (Å²) in [6.07, 6.45) is 0.490. The molecule has 0 aromatic carbocycles. The molecule has 0 aliphatic heterocycles. The van der Waals surface area contributed by atoms with Gasteiger partial charge in [-0.3, -0.25) is 4.79 Å². The highest BCUT2D eigenvalue weighted by atomic mass is 32.2. The van der Waals surface area contributed by atoms with Gasteiger partial charge in [0.2, 0.25) is 0 Å². The van der Waals surface area contributed by atoms with Gasteiger partial charge in [-0.1, -0.05) is 6.92 Å². The van der Waals surface area contributed by atoms with Gasteiger partial charge in [0.25, 0.3) is 0 Å². The number of nitrogens with zero attached hydrogens (tertiary/aromatic N) is 1. The minimum absolute atomic E-state index is 0.130. The van der Waals surface area contributed by atoms with Crippen LogP contribution in [0, 0.1) is 0 Å². The van der Waals surface area contributed by atoms with Gasteiger partial charge in [-0.05, 0) is 12.8 Å². The van der Waals surface area contributed by atoms with Crippen LogP contribution >= 0.6 is 11.8 Å². The van der Waals surface area contributed by atoms with E-state index in [0.717, 1.165) is 24.6 Å². The standard InChI is InChI=1S/C9H19NO2S/c1-4-13-8-7-10(2)6-5-9(11)12-3/h4-8H2,1-3H3. The van der Waals surface area contributed by atoms with Crippen molar-refractivity contribution < 1.29 is 9.53 Å². The quantitative estimate of drug-likeness (QED) is 0.462. The summed E-state index contributed by atoms with van der Waals surface area (Å²) in [4.78, 5) is 12.9. The Morgan fingerprint density at radius 1 is 1.46 bits per heavy atom. The Hall–Kier alpha value is -0.220. The lowest BCUT2D eigenvalue weighted by Gasteiger charge is -2.14. The molecule has 0 aliphatic carbocycles. The lowest BCUT2D eigenvalue weighted by Crippen LogP contribution is -2.24. The number of esters is 1. The molecule has 3 nitrogen and oxygen atoms in total. The monoisotopic (exact) mass is 205 g/mol. The molecular weight excluding hydrogens is 186 g/mol. The Labute approximate surface area is 84.8 Å². The van der Waals surface area contributed by atoms with Crippen molar-refractivity contribution in [1.82, 2.24) is 4.90 Å². The van der Waals surface area contributed by atoms with Gasteiger partial charge in [0, 0.05) is 18.8 Å². The second kappa shape index (κ2) is 8.38. The van der Waals surface area contributed by atoms with Crippen LogP contribution in [0.4, 0.5) is 0 Å². The molecule has 0 unspecified atom stereocenters. The molecule has 0 spiro atoms. The number of methoxy groups -OCH3 is 1. The number of rotatable bonds is 7. The van der Waals surface area contributed by atoms with Crippen molar-refractivity contribution in [2.75, 3.05) is 38.8 Å². The van der Waals surface area contributed by atoms with Crippen LogP contribution in [0.5, 0.6) is 0 Å². The molecule has 0 bridgehead atoms. The van der Waals surface area contributed by atoms with Crippen molar-refractivity contribution in [2.24, 2.45) is 0 Å². The molecule has 0 aromatic heterocycles. The molecule has 0 amide bonds. The third kappa shape index (κ3) is 8.12. The highest BCUT2D eigenvalue weighted by molar-refractivity contribution is 7.99. The largest absolute Gasteiger partial charge is 0.469 e. The predicted molar refractivity (Wildman–Crippen MR) is 57.1 cm³/mol. The second-order valence-electron chi connectivity index (χ2n) is 2.83. The van der Waals surface area contributed by atoms with Crippen LogP contribution in [-0.4, -0.2) is 49.6 Å². The Balaban J connectivity index is 3.29. The molecule has 0 radical (unpaired) electrons. The van der Waals surface area contributed by atoms with Crippen LogP contribution in [0.15, 0.2) is 0 Å². The molecule has 0 aromatic rings. The number of hydrogen-bond donors (Lipinski definition) is 0. The third-order valence-electron chi connectivity index (χ3n) is 1.75. The van der Waals surface area contributed by atoms with Crippen LogP contribution in [0.3, 0.4) is 0 Å². The molecule has 13 heavy (non-hydrogen) atoms. The minimum atomic E-state index is -0.130. The first-order valence-corrected chi connectivity index (χ1v) is 5.69. The zero-order valence-electron chi connectivity index (χ0n) is 8.71. The van der Waals surface area contributed by atoms with E-state index in [1.165, 1.54) is 7.11 Å². The van der Waals surface area contributed by atoms with Crippen LogP contribution in [-0.2, 0) is 9.53 Å². The fourth-order valence-corrected chi connectivity index (χ4v) is 1.59. The SMILES string of the molecule is CCSCCN(C)CCC(=O)OC. The van der Waals surface area contributed by atoms with Crippen molar-refractivity contribution in [3.8, 4) is 0 Å². The summed E-state index contributed by atoms with van der Waals surface area (Å²) in [5.74, 6) is 2.16. The maximum atomic E-state index is 10.8. The van der Waals surface area contributed by atoms with E-state index in [0.29, 0.717) is 6.42 Å². The van der Waals surface area contributed by atoms with E-state index in [2.05, 4.69) is 16.6 Å². The van der Waals surface area contributed by atoms with Gasteiger partial charge < -0.3 is 9.64 Å². The lowest BCUT2D eigenvalue weighted by molar-refractivity contribution is -0.140. The molecule has 0 heterocycles. The van der Waals surface area contributed by atoms with Gasteiger partial charge in [-0.2, -0.15) is 11.8 Å². The van der Waals surface area contributed by atoms with E-state index in [9.17, 15) is 4.79 Å². The molecule has 0 aliphatic rings. The first kappa shape index (κ1) is 12.8. The van der Waals surface area contributed by atoms with Gasteiger partial charge in [-0.15, -0.1) is 0 Å². The third-order valence-corrected chi connectivity index (χ3v) is 2.63. The van der Waals surface area contributed by atoms with E-state index in [-0.39, 0.29) is 5.97 Å². The number of ether oxygens (including phenoxy) is 1. The average molecular weight is 205 g/mol. The smallest absolute Gasteiger partial charge is 0.306 e. The van der Waals surface area contributed by atoms with E-state index in [1.54, 1.807) is 0 Å². The molecular formula is C9H19NO2S. The van der Waals surface area contributed by atoms with Crippen molar-refractivity contribution in [3.63, 3.8) is 0 Å². The van der Waals surface area contributed by atoms with E-state index < -0.39 is 0 Å². The second-order valence-corrected chi connectivity index (χ2v) is 4.22. The van der Waals surface area contributed by atoms with Crippen molar-refractivity contribution in [2.45, 2.75) is 13.3 Å². The van der Waals surface area contributed by atoms with Crippen molar-refractivity contribution in [1.29, 1.82) is 0 Å². The highest BCUT2D eigenvalue weighted by Gasteiger charge is 2.03. The first-order valence-electron chi connectivity index (χ1n) is 4.53. The molecule has 78 valence electrons. The molecule has 0 fully saturated rings. The van der Waals surface area contributed by atoms with Gasteiger partial charge in [-0.25, -0.2) is 0 Å². The molecule has 0 saturated heterocycles. The van der Waals surface area contributed by atoms with E-state index in [4.69, 9.17) is 0 Å². The van der Waals surface area contributed by atoms with E-state index >= 15 is 0 Å². The predicted octanol–water partition coefficient (Wildman–Crippen LogP) is 1.23. The van der Waals surface area contributed by atoms with Gasteiger partial charge in [0.05, 0.1) is 13.5 Å². The van der Waals surface area contributed by atoms with E-state index in [1.807, 2.05) is 18.8 Å². The maximum absolute atomic E-state index is 10.8. The Morgan fingerprint density at radius 3 is 2.69 bits per heavy atom. The number of carbonyl (C=O) groups excluding carboxylic acids is 1.